The first-order valence-corrected chi connectivity index (χ1v) is 8.06. The summed E-state index contributed by atoms with van der Waals surface area (Å²) in [4.78, 5) is 8.99. The van der Waals surface area contributed by atoms with Crippen molar-refractivity contribution in [2.45, 2.75) is 6.92 Å². The molecule has 0 saturated carbocycles. The van der Waals surface area contributed by atoms with Gasteiger partial charge in [0.05, 0.1) is 5.69 Å². The van der Waals surface area contributed by atoms with E-state index in [1.165, 1.54) is 21.5 Å². The van der Waals surface area contributed by atoms with Gasteiger partial charge in [-0.2, -0.15) is 0 Å². The lowest BCUT2D eigenvalue weighted by molar-refractivity contribution is 1.25. The first kappa shape index (κ1) is 13.2. The van der Waals surface area contributed by atoms with E-state index < -0.39 is 0 Å². The number of aromatic nitrogens is 1. The molecule has 0 fully saturated rings. The lowest BCUT2D eigenvalue weighted by Gasteiger charge is -2.07. The molecule has 0 spiro atoms. The van der Waals surface area contributed by atoms with Crippen LogP contribution in [0.15, 0.2) is 65.0 Å². The lowest BCUT2D eigenvalue weighted by Crippen LogP contribution is -1.88. The number of fused-ring (bicyclic) bond motifs is 2. The van der Waals surface area contributed by atoms with E-state index in [9.17, 15) is 0 Å². The first-order valence-electron chi connectivity index (χ1n) is 7.18. The Balaban J connectivity index is 1.98. The van der Waals surface area contributed by atoms with Crippen molar-refractivity contribution in [1.29, 1.82) is 0 Å². The molecule has 2 nitrogen and oxygen atoms in total. The molecule has 0 aliphatic rings. The van der Waals surface area contributed by atoms with Gasteiger partial charge in [-0.25, -0.2) is 9.98 Å². The van der Waals surface area contributed by atoms with Crippen LogP contribution in [0.25, 0.3) is 21.5 Å². The van der Waals surface area contributed by atoms with Crippen LogP contribution in [0.2, 0.25) is 0 Å². The highest BCUT2D eigenvalue weighted by Crippen LogP contribution is 2.28. The van der Waals surface area contributed by atoms with Gasteiger partial charge < -0.3 is 0 Å². The minimum Gasteiger partial charge on any atom is -0.227 e. The number of hydrogen-bond acceptors (Lipinski definition) is 3. The molecule has 0 atom stereocenters. The van der Waals surface area contributed by atoms with Crippen molar-refractivity contribution in [2.24, 2.45) is 4.99 Å². The van der Waals surface area contributed by atoms with E-state index in [0.717, 1.165) is 16.4 Å². The second-order valence-electron chi connectivity index (χ2n) is 5.26. The van der Waals surface area contributed by atoms with Crippen LogP contribution in [0.5, 0.6) is 0 Å². The summed E-state index contributed by atoms with van der Waals surface area (Å²) >= 11 is 1.57. The molecule has 4 aromatic rings. The van der Waals surface area contributed by atoms with E-state index in [4.69, 9.17) is 0 Å². The molecule has 0 saturated heterocycles. The molecule has 0 aliphatic heterocycles. The molecule has 1 aromatic heterocycles. The summed E-state index contributed by atoms with van der Waals surface area (Å²) in [7, 11) is 0. The third-order valence-corrected chi connectivity index (χ3v) is 4.59. The summed E-state index contributed by atoms with van der Waals surface area (Å²) < 4.78 is 0. The minimum atomic E-state index is 0.800. The second-order valence-corrected chi connectivity index (χ2v) is 6.10. The molecule has 3 aromatic carbocycles. The van der Waals surface area contributed by atoms with Crippen molar-refractivity contribution < 1.29 is 0 Å². The van der Waals surface area contributed by atoms with Crippen molar-refractivity contribution in [3.63, 3.8) is 0 Å². The molecule has 0 bridgehead atoms. The fourth-order valence-electron chi connectivity index (χ4n) is 2.71. The summed E-state index contributed by atoms with van der Waals surface area (Å²) in [5.74, 6) is 0. The number of hydrogen-bond donors (Lipinski definition) is 0. The molecule has 0 N–H and O–H groups in total. The topological polar surface area (TPSA) is 25.2 Å². The Morgan fingerprint density at radius 3 is 2.18 bits per heavy atom. The summed E-state index contributed by atoms with van der Waals surface area (Å²) in [6.07, 6.45) is 1.95. The van der Waals surface area contributed by atoms with Crippen molar-refractivity contribution in [2.75, 3.05) is 0 Å². The normalized spacial score (nSPS) is 11.7. The van der Waals surface area contributed by atoms with Crippen LogP contribution in [0.3, 0.4) is 0 Å². The van der Waals surface area contributed by atoms with E-state index in [2.05, 4.69) is 64.6 Å². The average Bonchev–Trinajstić information content (AvgIpc) is 2.97. The van der Waals surface area contributed by atoms with Crippen molar-refractivity contribution >= 4 is 44.2 Å². The summed E-state index contributed by atoms with van der Waals surface area (Å²) in [5, 5.41) is 7.73. The molecule has 0 radical (unpaired) electrons. The van der Waals surface area contributed by atoms with Gasteiger partial charge in [0.25, 0.3) is 0 Å². The van der Waals surface area contributed by atoms with E-state index in [1.54, 1.807) is 11.3 Å². The van der Waals surface area contributed by atoms with Gasteiger partial charge in [-0.15, -0.1) is 11.3 Å². The highest BCUT2D eigenvalue weighted by Gasteiger charge is 2.05. The van der Waals surface area contributed by atoms with Gasteiger partial charge in [0.2, 0.25) is 5.13 Å². The van der Waals surface area contributed by atoms with Crippen LogP contribution in [0, 0.1) is 6.92 Å². The molecule has 22 heavy (non-hydrogen) atoms. The number of nitrogens with zero attached hydrogens (tertiary/aromatic N) is 2. The Kier molecular flexibility index (Phi) is 3.20. The molecule has 0 amide bonds. The lowest BCUT2D eigenvalue weighted by atomic mass is 9.97. The zero-order chi connectivity index (χ0) is 14.9. The third kappa shape index (κ3) is 2.30. The monoisotopic (exact) mass is 302 g/mol. The highest BCUT2D eigenvalue weighted by molar-refractivity contribution is 7.13. The minimum absolute atomic E-state index is 0.800. The van der Waals surface area contributed by atoms with E-state index in [-0.39, 0.29) is 0 Å². The quantitative estimate of drug-likeness (QED) is 0.354. The van der Waals surface area contributed by atoms with Gasteiger partial charge in [0.1, 0.15) is 0 Å². The van der Waals surface area contributed by atoms with Gasteiger partial charge in [0, 0.05) is 17.2 Å². The maximum Gasteiger partial charge on any atom is 0.209 e. The highest BCUT2D eigenvalue weighted by atomic mass is 32.1. The number of thiazole rings is 1. The van der Waals surface area contributed by atoms with Crippen LogP contribution in [-0.4, -0.2) is 11.2 Å². The standard InChI is InChI=1S/C19H14N2S/c1-13-12-22-19(21-13)20-11-18-16-8-4-2-6-14(16)10-15-7-3-5-9-17(15)18/h2-12H,1H3. The molecule has 0 aliphatic carbocycles. The largest absolute Gasteiger partial charge is 0.227 e. The third-order valence-electron chi connectivity index (χ3n) is 3.72. The number of aliphatic imine (C=N–C) groups is 1. The SMILES string of the molecule is Cc1csc(N=Cc2c3ccccc3cc3ccccc23)n1. The summed E-state index contributed by atoms with van der Waals surface area (Å²) in [6.45, 7) is 1.99. The van der Waals surface area contributed by atoms with Gasteiger partial charge in [0.15, 0.2) is 0 Å². The molecular formula is C19H14N2S. The van der Waals surface area contributed by atoms with Crippen LogP contribution in [0.1, 0.15) is 11.3 Å². The second kappa shape index (κ2) is 5.35. The molecule has 1 heterocycles. The maximum absolute atomic E-state index is 4.58. The van der Waals surface area contributed by atoms with E-state index in [0.29, 0.717) is 0 Å². The van der Waals surface area contributed by atoms with Crippen molar-refractivity contribution in [1.82, 2.24) is 4.98 Å². The maximum atomic E-state index is 4.58. The molecule has 4 rings (SSSR count). The number of rotatable bonds is 2. The fourth-order valence-corrected chi connectivity index (χ4v) is 3.35. The Labute approximate surface area is 132 Å². The van der Waals surface area contributed by atoms with E-state index in [1.807, 2.05) is 18.5 Å². The zero-order valence-corrected chi connectivity index (χ0v) is 13.0. The van der Waals surface area contributed by atoms with Crippen LogP contribution >= 0.6 is 11.3 Å². The van der Waals surface area contributed by atoms with Crippen molar-refractivity contribution in [3.05, 3.63) is 71.2 Å². The van der Waals surface area contributed by atoms with Gasteiger partial charge in [-0.05, 0) is 34.5 Å². The van der Waals surface area contributed by atoms with Crippen molar-refractivity contribution in [3.8, 4) is 0 Å². The average molecular weight is 302 g/mol. The smallest absolute Gasteiger partial charge is 0.209 e. The molecule has 0 unspecified atom stereocenters. The van der Waals surface area contributed by atoms with Gasteiger partial charge in [-0.3, -0.25) is 0 Å². The molecule has 106 valence electrons. The Morgan fingerprint density at radius 1 is 0.955 bits per heavy atom. The number of aryl methyl sites for hydroxylation is 1. The van der Waals surface area contributed by atoms with Crippen LogP contribution < -0.4 is 0 Å². The molecular weight excluding hydrogens is 288 g/mol. The van der Waals surface area contributed by atoms with Gasteiger partial charge >= 0.3 is 0 Å². The predicted molar refractivity (Wildman–Crippen MR) is 95.6 cm³/mol. The van der Waals surface area contributed by atoms with Crippen LogP contribution in [0.4, 0.5) is 5.13 Å². The zero-order valence-electron chi connectivity index (χ0n) is 12.2. The summed E-state index contributed by atoms with van der Waals surface area (Å²) in [5.41, 5.74) is 2.17. The fraction of sp³-hybridized carbons (Fsp3) is 0.0526. The van der Waals surface area contributed by atoms with Crippen LogP contribution in [-0.2, 0) is 0 Å². The molecule has 3 heteroatoms. The summed E-state index contributed by atoms with van der Waals surface area (Å²) in [6, 6.07) is 19.1. The van der Waals surface area contributed by atoms with E-state index >= 15 is 0 Å². The Morgan fingerprint density at radius 2 is 1.59 bits per heavy atom. The van der Waals surface area contributed by atoms with Gasteiger partial charge in [-0.1, -0.05) is 48.5 Å². The number of benzene rings is 3. The first-order chi connectivity index (χ1) is 10.8. The predicted octanol–water partition coefficient (Wildman–Crippen LogP) is 5.51. The Bertz CT molecular complexity index is 945. The Hall–Kier alpha value is -2.52.